The van der Waals surface area contributed by atoms with E-state index in [0.29, 0.717) is 41.4 Å². The van der Waals surface area contributed by atoms with Crippen LogP contribution in [0.2, 0.25) is 0 Å². The van der Waals surface area contributed by atoms with Gasteiger partial charge in [0, 0.05) is 20.8 Å². The fraction of sp³-hybridized carbons (Fsp3) is 0.154. The van der Waals surface area contributed by atoms with Crippen molar-refractivity contribution in [3.63, 3.8) is 0 Å². The van der Waals surface area contributed by atoms with Crippen LogP contribution in [0.25, 0.3) is 6.08 Å². The second kappa shape index (κ2) is 10.7. The maximum atomic E-state index is 12.4. The van der Waals surface area contributed by atoms with Gasteiger partial charge in [0.2, 0.25) is 5.90 Å². The third-order valence-corrected chi connectivity index (χ3v) is 5.80. The van der Waals surface area contributed by atoms with Gasteiger partial charge in [0.25, 0.3) is 5.69 Å². The highest BCUT2D eigenvalue weighted by Crippen LogP contribution is 2.31. The van der Waals surface area contributed by atoms with Gasteiger partial charge in [-0.25, -0.2) is 9.79 Å². The van der Waals surface area contributed by atoms with E-state index in [1.54, 1.807) is 43.3 Å². The molecule has 0 amide bonds. The average Bonchev–Trinajstić information content (AvgIpc) is 3.19. The monoisotopic (exact) mass is 584 g/mol. The summed E-state index contributed by atoms with van der Waals surface area (Å²) in [5, 5.41) is 11.2. The number of ether oxygens (including phenoxy) is 3. The van der Waals surface area contributed by atoms with Crippen molar-refractivity contribution >= 4 is 46.2 Å². The molecular formula is C26H21IN2O6. The standard InChI is InChI=1S/C26H21IN2O6/c1-3-33-24-13-17(8-10-23(24)34-15-18-5-4-6-20(27)11-18)12-21-26(30)35-25(28-21)19-9-7-16(2)22(14-19)29(31)32/h4-14H,3,15H2,1-2H3/b21-12-. The fourth-order valence-electron chi connectivity index (χ4n) is 3.42. The van der Waals surface area contributed by atoms with Gasteiger partial charge < -0.3 is 14.2 Å². The van der Waals surface area contributed by atoms with Crippen molar-refractivity contribution in [1.82, 2.24) is 0 Å². The van der Waals surface area contributed by atoms with Crippen molar-refractivity contribution < 1.29 is 23.9 Å². The maximum absolute atomic E-state index is 12.4. The molecule has 0 radical (unpaired) electrons. The number of cyclic esters (lactones) is 1. The molecule has 0 unspecified atom stereocenters. The number of carbonyl (C=O) groups excluding carboxylic acids is 1. The Hall–Kier alpha value is -3.73. The topological polar surface area (TPSA) is 100 Å². The number of hydrogen-bond acceptors (Lipinski definition) is 7. The second-order valence-electron chi connectivity index (χ2n) is 7.65. The molecule has 0 aromatic heterocycles. The zero-order valence-electron chi connectivity index (χ0n) is 19.0. The number of benzene rings is 3. The highest BCUT2D eigenvalue weighted by atomic mass is 127. The lowest BCUT2D eigenvalue weighted by molar-refractivity contribution is -0.385. The Morgan fingerprint density at radius 2 is 1.91 bits per heavy atom. The minimum Gasteiger partial charge on any atom is -0.490 e. The molecule has 0 atom stereocenters. The van der Waals surface area contributed by atoms with Crippen LogP contribution in [-0.2, 0) is 16.1 Å². The number of nitrogens with zero attached hydrogens (tertiary/aromatic N) is 2. The second-order valence-corrected chi connectivity index (χ2v) is 8.90. The third-order valence-electron chi connectivity index (χ3n) is 5.13. The minimum atomic E-state index is -0.639. The van der Waals surface area contributed by atoms with Gasteiger partial charge in [0.05, 0.1) is 11.5 Å². The molecule has 1 heterocycles. The van der Waals surface area contributed by atoms with E-state index in [1.165, 1.54) is 6.07 Å². The number of rotatable bonds is 8. The summed E-state index contributed by atoms with van der Waals surface area (Å²) < 4.78 is 18.1. The number of carbonyl (C=O) groups is 1. The predicted octanol–water partition coefficient (Wildman–Crippen LogP) is 5.83. The van der Waals surface area contributed by atoms with Crippen molar-refractivity contribution in [2.45, 2.75) is 20.5 Å². The number of halogens is 1. The Labute approximate surface area is 215 Å². The summed E-state index contributed by atoms with van der Waals surface area (Å²) in [5.74, 6) is 0.502. The molecular weight excluding hydrogens is 563 g/mol. The molecule has 8 nitrogen and oxygen atoms in total. The fourth-order valence-corrected chi connectivity index (χ4v) is 4.03. The van der Waals surface area contributed by atoms with Crippen LogP contribution in [-0.4, -0.2) is 23.4 Å². The summed E-state index contributed by atoms with van der Waals surface area (Å²) in [6.45, 7) is 4.34. The van der Waals surface area contributed by atoms with Crippen LogP contribution >= 0.6 is 22.6 Å². The van der Waals surface area contributed by atoms with Gasteiger partial charge in [0.1, 0.15) is 6.61 Å². The average molecular weight is 584 g/mol. The SMILES string of the molecule is CCOc1cc(/C=C2\N=C(c3ccc(C)c([N+](=O)[O-])c3)OC2=O)ccc1OCc1cccc(I)c1. The van der Waals surface area contributed by atoms with Gasteiger partial charge in [0.15, 0.2) is 17.2 Å². The van der Waals surface area contributed by atoms with E-state index in [9.17, 15) is 14.9 Å². The smallest absolute Gasteiger partial charge is 0.363 e. The number of hydrogen-bond donors (Lipinski definition) is 0. The Morgan fingerprint density at radius 3 is 2.66 bits per heavy atom. The number of esters is 1. The molecule has 1 aliphatic rings. The third kappa shape index (κ3) is 5.86. The first-order chi connectivity index (χ1) is 16.8. The van der Waals surface area contributed by atoms with Crippen molar-refractivity contribution in [3.05, 3.63) is 102 Å². The van der Waals surface area contributed by atoms with Crippen LogP contribution in [0.1, 0.15) is 29.2 Å². The van der Waals surface area contributed by atoms with Crippen LogP contribution in [0, 0.1) is 20.6 Å². The molecule has 0 N–H and O–H groups in total. The van der Waals surface area contributed by atoms with E-state index >= 15 is 0 Å². The Bertz CT molecular complexity index is 1370. The van der Waals surface area contributed by atoms with Gasteiger partial charge in [-0.3, -0.25) is 10.1 Å². The summed E-state index contributed by atoms with van der Waals surface area (Å²) in [6, 6.07) is 17.9. The number of aryl methyl sites for hydroxylation is 1. The zero-order valence-corrected chi connectivity index (χ0v) is 21.1. The lowest BCUT2D eigenvalue weighted by Gasteiger charge is -2.13. The van der Waals surface area contributed by atoms with E-state index in [-0.39, 0.29) is 17.3 Å². The van der Waals surface area contributed by atoms with Crippen molar-refractivity contribution in [2.75, 3.05) is 6.61 Å². The van der Waals surface area contributed by atoms with Gasteiger partial charge in [-0.2, -0.15) is 0 Å². The quantitative estimate of drug-likeness (QED) is 0.109. The highest BCUT2D eigenvalue weighted by Gasteiger charge is 2.26. The van der Waals surface area contributed by atoms with Crippen LogP contribution in [0.3, 0.4) is 0 Å². The van der Waals surface area contributed by atoms with Gasteiger partial charge in [-0.1, -0.05) is 24.3 Å². The van der Waals surface area contributed by atoms with Crippen molar-refractivity contribution in [1.29, 1.82) is 0 Å². The normalized spacial score (nSPS) is 14.0. The summed E-state index contributed by atoms with van der Waals surface area (Å²) >= 11 is 2.25. The zero-order chi connectivity index (χ0) is 24.9. The summed E-state index contributed by atoms with van der Waals surface area (Å²) in [7, 11) is 0. The molecule has 0 aliphatic carbocycles. The van der Waals surface area contributed by atoms with Crippen molar-refractivity contribution in [2.24, 2.45) is 4.99 Å². The summed E-state index contributed by atoms with van der Waals surface area (Å²) in [4.78, 5) is 27.4. The molecule has 0 fully saturated rings. The van der Waals surface area contributed by atoms with Crippen LogP contribution < -0.4 is 9.47 Å². The lowest BCUT2D eigenvalue weighted by Crippen LogP contribution is -2.06. The molecule has 1 aliphatic heterocycles. The van der Waals surface area contributed by atoms with Gasteiger partial charge >= 0.3 is 5.97 Å². The molecule has 9 heteroatoms. The first kappa shape index (κ1) is 24.4. The Balaban J connectivity index is 1.58. The van der Waals surface area contributed by atoms with E-state index in [2.05, 4.69) is 27.6 Å². The molecule has 3 aromatic carbocycles. The highest BCUT2D eigenvalue weighted by molar-refractivity contribution is 14.1. The summed E-state index contributed by atoms with van der Waals surface area (Å²) in [6.07, 6.45) is 1.57. The number of aliphatic imine (C=N–C) groups is 1. The first-order valence-corrected chi connectivity index (χ1v) is 11.8. The lowest BCUT2D eigenvalue weighted by atomic mass is 10.1. The molecule has 178 valence electrons. The van der Waals surface area contributed by atoms with E-state index in [4.69, 9.17) is 14.2 Å². The Kier molecular flexibility index (Phi) is 7.45. The van der Waals surface area contributed by atoms with E-state index in [1.807, 2.05) is 31.2 Å². The molecule has 0 saturated carbocycles. The summed E-state index contributed by atoms with van der Waals surface area (Å²) in [5.41, 5.74) is 2.58. The molecule has 0 spiro atoms. The van der Waals surface area contributed by atoms with E-state index < -0.39 is 10.9 Å². The predicted molar refractivity (Wildman–Crippen MR) is 140 cm³/mol. The maximum Gasteiger partial charge on any atom is 0.363 e. The molecule has 3 aromatic rings. The van der Waals surface area contributed by atoms with Gasteiger partial charge in [-0.05, 0) is 84.0 Å². The van der Waals surface area contributed by atoms with Gasteiger partial charge in [-0.15, -0.1) is 0 Å². The van der Waals surface area contributed by atoms with Crippen LogP contribution in [0.15, 0.2) is 71.4 Å². The molecule has 4 rings (SSSR count). The number of nitro groups is 1. The minimum absolute atomic E-state index is 0.0202. The van der Waals surface area contributed by atoms with Crippen LogP contribution in [0.5, 0.6) is 11.5 Å². The van der Waals surface area contributed by atoms with Crippen molar-refractivity contribution in [3.8, 4) is 11.5 Å². The molecule has 0 bridgehead atoms. The molecule has 35 heavy (non-hydrogen) atoms. The van der Waals surface area contributed by atoms with E-state index in [0.717, 1.165) is 9.13 Å². The molecule has 0 saturated heterocycles. The van der Waals surface area contributed by atoms with Crippen LogP contribution in [0.4, 0.5) is 5.69 Å². The largest absolute Gasteiger partial charge is 0.490 e. The number of nitro benzene ring substituents is 1. The Morgan fingerprint density at radius 1 is 1.09 bits per heavy atom. The first-order valence-electron chi connectivity index (χ1n) is 10.8.